The van der Waals surface area contributed by atoms with E-state index in [4.69, 9.17) is 4.42 Å². The van der Waals surface area contributed by atoms with Crippen LogP contribution in [0.1, 0.15) is 16.9 Å². The van der Waals surface area contributed by atoms with E-state index < -0.39 is 5.91 Å². The number of nitrogens with one attached hydrogen (secondary N) is 1. The first-order chi connectivity index (χ1) is 10.4. The van der Waals surface area contributed by atoms with Crippen molar-refractivity contribution < 1.29 is 9.21 Å². The van der Waals surface area contributed by atoms with Gasteiger partial charge in [0.25, 0.3) is 5.91 Å². The van der Waals surface area contributed by atoms with Crippen molar-refractivity contribution in [3.63, 3.8) is 0 Å². The van der Waals surface area contributed by atoms with Crippen LogP contribution in [0.15, 0.2) is 43.4 Å². The lowest BCUT2D eigenvalue weighted by molar-refractivity contribution is -0.112. The molecule has 1 N–H and O–H groups in total. The van der Waals surface area contributed by atoms with Crippen LogP contribution < -0.4 is 5.32 Å². The van der Waals surface area contributed by atoms with Crippen LogP contribution in [0.3, 0.4) is 0 Å². The Kier molecular flexibility index (Phi) is 5.22. The highest BCUT2D eigenvalue weighted by Gasteiger charge is 2.13. The second kappa shape index (κ2) is 6.95. The van der Waals surface area contributed by atoms with Crippen LogP contribution in [0.2, 0.25) is 0 Å². The van der Waals surface area contributed by atoms with Crippen LogP contribution >= 0.6 is 31.9 Å². The quantitative estimate of drug-likeness (QED) is 0.559. The summed E-state index contributed by atoms with van der Waals surface area (Å²) in [5.41, 5.74) is 2.69. The van der Waals surface area contributed by atoms with Crippen molar-refractivity contribution in [3.8, 4) is 6.07 Å². The van der Waals surface area contributed by atoms with E-state index in [2.05, 4.69) is 37.2 Å². The maximum Gasteiger partial charge on any atom is 0.266 e. The normalized spacial score (nSPS) is 11.1. The topological polar surface area (TPSA) is 66.0 Å². The first-order valence-electron chi connectivity index (χ1n) is 6.36. The van der Waals surface area contributed by atoms with Gasteiger partial charge >= 0.3 is 0 Å². The molecule has 0 unspecified atom stereocenters. The van der Waals surface area contributed by atoms with Crippen LogP contribution in [0.5, 0.6) is 0 Å². The number of carbonyl (C=O) groups is 1. The predicted octanol–water partition coefficient (Wildman–Crippen LogP) is 4.97. The molecule has 0 fully saturated rings. The van der Waals surface area contributed by atoms with Gasteiger partial charge in [0.05, 0.1) is 4.47 Å². The zero-order chi connectivity index (χ0) is 16.3. The van der Waals surface area contributed by atoms with E-state index in [0.29, 0.717) is 20.6 Å². The van der Waals surface area contributed by atoms with Gasteiger partial charge in [-0.3, -0.25) is 4.79 Å². The first-order valence-corrected chi connectivity index (χ1v) is 7.95. The van der Waals surface area contributed by atoms with E-state index >= 15 is 0 Å². The minimum Gasteiger partial charge on any atom is -0.449 e. The summed E-state index contributed by atoms with van der Waals surface area (Å²) in [6.45, 7) is 3.88. The predicted molar refractivity (Wildman–Crippen MR) is 92.2 cm³/mol. The molecule has 1 aromatic carbocycles. The van der Waals surface area contributed by atoms with Gasteiger partial charge in [0.2, 0.25) is 0 Å². The van der Waals surface area contributed by atoms with E-state index in [0.717, 1.165) is 11.1 Å². The molecule has 1 aromatic heterocycles. The van der Waals surface area contributed by atoms with Gasteiger partial charge in [0.1, 0.15) is 17.4 Å². The number of aryl methyl sites for hydroxylation is 1. The van der Waals surface area contributed by atoms with Gasteiger partial charge in [-0.15, -0.1) is 0 Å². The molecule has 0 spiro atoms. The summed E-state index contributed by atoms with van der Waals surface area (Å²) < 4.78 is 6.57. The Labute approximate surface area is 145 Å². The lowest BCUT2D eigenvalue weighted by Crippen LogP contribution is -2.14. The Hall–Kier alpha value is -1.84. The molecule has 0 aliphatic heterocycles. The number of halogens is 2. The largest absolute Gasteiger partial charge is 0.449 e. The summed E-state index contributed by atoms with van der Waals surface area (Å²) in [6, 6.07) is 9.18. The fourth-order valence-corrected chi connectivity index (χ4v) is 2.41. The van der Waals surface area contributed by atoms with Gasteiger partial charge < -0.3 is 9.73 Å². The second-order valence-electron chi connectivity index (χ2n) is 4.64. The molecule has 4 nitrogen and oxygen atoms in total. The number of benzene rings is 1. The Morgan fingerprint density at radius 3 is 2.68 bits per heavy atom. The standard InChI is InChI=1S/C16H12Br2N2O2/c1-9-4-3-5-14(10(9)2)20-16(21)11(8-19)6-12-7-13(17)15(18)22-12/h3-7H,1-2H3,(H,20,21)/b11-6-. The maximum absolute atomic E-state index is 12.2. The number of nitriles is 1. The third kappa shape index (κ3) is 3.67. The summed E-state index contributed by atoms with van der Waals surface area (Å²) in [4.78, 5) is 12.2. The first kappa shape index (κ1) is 16.5. The number of carbonyl (C=O) groups excluding carboxylic acids is 1. The van der Waals surface area contributed by atoms with Crippen LogP contribution in [-0.4, -0.2) is 5.91 Å². The minimum atomic E-state index is -0.472. The van der Waals surface area contributed by atoms with E-state index in [9.17, 15) is 10.1 Å². The van der Waals surface area contributed by atoms with Crippen molar-refractivity contribution in [2.45, 2.75) is 13.8 Å². The number of rotatable bonds is 3. The van der Waals surface area contributed by atoms with E-state index in [1.807, 2.05) is 32.0 Å². The zero-order valence-corrected chi connectivity index (χ0v) is 15.1. The third-order valence-electron chi connectivity index (χ3n) is 3.17. The molecule has 1 heterocycles. The zero-order valence-electron chi connectivity index (χ0n) is 11.9. The van der Waals surface area contributed by atoms with Crippen molar-refractivity contribution in [1.29, 1.82) is 5.26 Å². The van der Waals surface area contributed by atoms with Gasteiger partial charge in [-0.2, -0.15) is 5.26 Å². The Balaban J connectivity index is 2.26. The highest BCUT2D eigenvalue weighted by Crippen LogP contribution is 2.28. The second-order valence-corrected chi connectivity index (χ2v) is 6.22. The van der Waals surface area contributed by atoms with Crippen LogP contribution in [0.4, 0.5) is 5.69 Å². The van der Waals surface area contributed by atoms with Crippen molar-refractivity contribution in [2.75, 3.05) is 5.32 Å². The SMILES string of the molecule is Cc1cccc(NC(=O)/C(C#N)=C\c2cc(Br)c(Br)o2)c1C. The molecule has 2 rings (SSSR count). The molecule has 0 saturated carbocycles. The Morgan fingerprint density at radius 2 is 2.09 bits per heavy atom. The Bertz CT molecular complexity index is 781. The number of hydrogen-bond donors (Lipinski definition) is 1. The molecular weight excluding hydrogens is 412 g/mol. The van der Waals surface area contributed by atoms with Crippen LogP contribution in [0, 0.1) is 25.2 Å². The van der Waals surface area contributed by atoms with Gasteiger partial charge in [-0.1, -0.05) is 12.1 Å². The van der Waals surface area contributed by atoms with Crippen molar-refractivity contribution in [1.82, 2.24) is 0 Å². The fraction of sp³-hybridized carbons (Fsp3) is 0.125. The highest BCUT2D eigenvalue weighted by atomic mass is 79.9. The summed E-state index contributed by atoms with van der Waals surface area (Å²) in [7, 11) is 0. The fourth-order valence-electron chi connectivity index (χ4n) is 1.80. The summed E-state index contributed by atoms with van der Waals surface area (Å²) in [5.74, 6) is -0.0636. The van der Waals surface area contributed by atoms with E-state index in [-0.39, 0.29) is 5.57 Å². The van der Waals surface area contributed by atoms with Crippen LogP contribution in [0.25, 0.3) is 6.08 Å². The average molecular weight is 424 g/mol. The monoisotopic (exact) mass is 422 g/mol. The van der Waals surface area contributed by atoms with Gasteiger partial charge in [0.15, 0.2) is 4.67 Å². The maximum atomic E-state index is 12.2. The number of furan rings is 1. The molecule has 112 valence electrons. The molecule has 2 aromatic rings. The smallest absolute Gasteiger partial charge is 0.266 e. The minimum absolute atomic E-state index is 0.0327. The summed E-state index contributed by atoms with van der Waals surface area (Å²) in [6.07, 6.45) is 1.40. The lowest BCUT2D eigenvalue weighted by Gasteiger charge is -2.09. The molecule has 22 heavy (non-hydrogen) atoms. The molecule has 0 saturated heterocycles. The van der Waals surface area contributed by atoms with Crippen molar-refractivity contribution in [2.24, 2.45) is 0 Å². The molecule has 0 atom stereocenters. The molecule has 0 radical (unpaired) electrons. The average Bonchev–Trinajstić information content (AvgIpc) is 2.79. The molecule has 1 amide bonds. The molecule has 0 aliphatic rings. The third-order valence-corrected chi connectivity index (χ3v) is 4.88. The van der Waals surface area contributed by atoms with Crippen molar-refractivity contribution in [3.05, 3.63) is 55.9 Å². The number of anilines is 1. The molecular formula is C16H12Br2N2O2. The molecule has 0 aliphatic carbocycles. The Morgan fingerprint density at radius 1 is 1.36 bits per heavy atom. The van der Waals surface area contributed by atoms with E-state index in [1.54, 1.807) is 12.1 Å². The van der Waals surface area contributed by atoms with E-state index in [1.165, 1.54) is 6.08 Å². The number of amides is 1. The molecule has 0 bridgehead atoms. The summed E-state index contributed by atoms with van der Waals surface area (Å²) >= 11 is 6.49. The van der Waals surface area contributed by atoms with Gasteiger partial charge in [0, 0.05) is 11.8 Å². The lowest BCUT2D eigenvalue weighted by atomic mass is 10.1. The number of hydrogen-bond acceptors (Lipinski definition) is 3. The van der Waals surface area contributed by atoms with Crippen molar-refractivity contribution >= 4 is 49.5 Å². The van der Waals surface area contributed by atoms with Crippen LogP contribution in [-0.2, 0) is 4.79 Å². The molecule has 6 heteroatoms. The number of nitrogens with zero attached hydrogens (tertiary/aromatic N) is 1. The van der Waals surface area contributed by atoms with Gasteiger partial charge in [-0.25, -0.2) is 0 Å². The summed E-state index contributed by atoms with van der Waals surface area (Å²) in [5, 5.41) is 11.9. The van der Waals surface area contributed by atoms with Gasteiger partial charge in [-0.05, 0) is 69.0 Å². The highest BCUT2D eigenvalue weighted by molar-refractivity contribution is 9.13.